The van der Waals surface area contributed by atoms with Gasteiger partial charge in [-0.3, -0.25) is 4.98 Å². The van der Waals surface area contributed by atoms with Gasteiger partial charge >= 0.3 is 0 Å². The molecule has 5 heteroatoms. The molecular formula is C16H18FN3O. The smallest absolute Gasteiger partial charge is 0.148 e. The van der Waals surface area contributed by atoms with E-state index in [1.807, 2.05) is 18.3 Å². The normalized spacial score (nSPS) is 18.0. The molecule has 2 N–H and O–H groups in total. The third kappa shape index (κ3) is 2.51. The van der Waals surface area contributed by atoms with Gasteiger partial charge in [0.05, 0.1) is 24.5 Å². The maximum absolute atomic E-state index is 14.3. The van der Waals surface area contributed by atoms with Crippen molar-refractivity contribution < 1.29 is 9.13 Å². The molecule has 110 valence electrons. The van der Waals surface area contributed by atoms with Gasteiger partial charge in [0, 0.05) is 31.1 Å². The van der Waals surface area contributed by atoms with Gasteiger partial charge in [0.2, 0.25) is 0 Å². The van der Waals surface area contributed by atoms with Crippen LogP contribution in [0.3, 0.4) is 0 Å². The second-order valence-electron chi connectivity index (χ2n) is 5.18. The van der Waals surface area contributed by atoms with E-state index >= 15 is 0 Å². The van der Waals surface area contributed by atoms with Crippen LogP contribution in [0.5, 0.6) is 5.75 Å². The SMILES string of the molecule is COc1cc(N2CCCC2c2cccnc2)c(F)cc1N. The Labute approximate surface area is 123 Å². The third-order valence-electron chi connectivity index (χ3n) is 3.93. The number of benzene rings is 1. The number of hydrogen-bond acceptors (Lipinski definition) is 4. The highest BCUT2D eigenvalue weighted by molar-refractivity contribution is 5.64. The molecule has 3 rings (SSSR count). The standard InChI is InChI=1S/C16H18FN3O/c1-21-16-9-15(12(17)8-13(16)18)20-7-3-5-14(20)11-4-2-6-19-10-11/h2,4,6,8-10,14H,3,5,7,18H2,1H3. The summed E-state index contributed by atoms with van der Waals surface area (Å²) in [5, 5.41) is 0. The Balaban J connectivity index is 1.99. The minimum atomic E-state index is -0.316. The summed E-state index contributed by atoms with van der Waals surface area (Å²) in [6.07, 6.45) is 5.59. The van der Waals surface area contributed by atoms with Crippen molar-refractivity contribution in [1.29, 1.82) is 0 Å². The fourth-order valence-electron chi connectivity index (χ4n) is 2.93. The lowest BCUT2D eigenvalue weighted by Gasteiger charge is -2.28. The molecule has 2 heterocycles. The minimum absolute atomic E-state index is 0.140. The Morgan fingerprint density at radius 1 is 1.43 bits per heavy atom. The van der Waals surface area contributed by atoms with Crippen LogP contribution in [0.15, 0.2) is 36.7 Å². The van der Waals surface area contributed by atoms with Crippen LogP contribution in [-0.2, 0) is 0 Å². The highest BCUT2D eigenvalue weighted by atomic mass is 19.1. The topological polar surface area (TPSA) is 51.4 Å². The number of aromatic nitrogens is 1. The van der Waals surface area contributed by atoms with Crippen LogP contribution < -0.4 is 15.4 Å². The molecule has 0 radical (unpaired) electrons. The number of nitrogens with zero attached hydrogens (tertiary/aromatic N) is 2. The predicted octanol–water partition coefficient (Wildman–Crippen LogP) is 3.15. The Bertz CT molecular complexity index is 633. The Morgan fingerprint density at radius 2 is 2.29 bits per heavy atom. The fourth-order valence-corrected chi connectivity index (χ4v) is 2.93. The summed E-state index contributed by atoms with van der Waals surface area (Å²) in [5.41, 5.74) is 7.70. The fraction of sp³-hybridized carbons (Fsp3) is 0.312. The minimum Gasteiger partial charge on any atom is -0.495 e. The van der Waals surface area contributed by atoms with Crippen LogP contribution in [0.1, 0.15) is 24.4 Å². The highest BCUT2D eigenvalue weighted by Gasteiger charge is 2.28. The highest BCUT2D eigenvalue weighted by Crippen LogP contribution is 2.39. The van der Waals surface area contributed by atoms with Gasteiger partial charge in [-0.1, -0.05) is 6.07 Å². The number of halogens is 1. The average molecular weight is 287 g/mol. The average Bonchev–Trinajstić information content (AvgIpc) is 2.97. The molecule has 0 saturated carbocycles. The first-order valence-corrected chi connectivity index (χ1v) is 7.00. The number of ether oxygens (including phenoxy) is 1. The number of methoxy groups -OCH3 is 1. The zero-order valence-electron chi connectivity index (χ0n) is 11.9. The number of pyridine rings is 1. The van der Waals surface area contributed by atoms with Gasteiger partial charge in [0.1, 0.15) is 11.6 Å². The molecule has 0 bridgehead atoms. The maximum Gasteiger partial charge on any atom is 0.148 e. The van der Waals surface area contributed by atoms with Crippen LogP contribution in [0.25, 0.3) is 0 Å². The Hall–Kier alpha value is -2.30. The monoisotopic (exact) mass is 287 g/mol. The number of nitrogen functional groups attached to an aromatic ring is 1. The summed E-state index contributed by atoms with van der Waals surface area (Å²) in [5.74, 6) is 0.187. The summed E-state index contributed by atoms with van der Waals surface area (Å²) in [7, 11) is 1.54. The summed E-state index contributed by atoms with van der Waals surface area (Å²) < 4.78 is 19.5. The van der Waals surface area contributed by atoms with E-state index in [0.29, 0.717) is 17.1 Å². The van der Waals surface area contributed by atoms with Crippen molar-refractivity contribution in [1.82, 2.24) is 4.98 Å². The van der Waals surface area contributed by atoms with Gasteiger partial charge in [-0.15, -0.1) is 0 Å². The van der Waals surface area contributed by atoms with Crippen LogP contribution >= 0.6 is 0 Å². The molecule has 1 fully saturated rings. The molecule has 1 saturated heterocycles. The molecule has 0 spiro atoms. The molecular weight excluding hydrogens is 269 g/mol. The second kappa shape index (κ2) is 5.60. The molecule has 1 aliphatic rings. The van der Waals surface area contributed by atoms with Crippen molar-refractivity contribution in [2.24, 2.45) is 0 Å². The molecule has 1 aliphatic heterocycles. The molecule has 1 unspecified atom stereocenters. The maximum atomic E-state index is 14.3. The van der Waals surface area contributed by atoms with Gasteiger partial charge in [0.15, 0.2) is 0 Å². The van der Waals surface area contributed by atoms with Crippen molar-refractivity contribution >= 4 is 11.4 Å². The molecule has 1 atom stereocenters. The van der Waals surface area contributed by atoms with Crippen LogP contribution in [-0.4, -0.2) is 18.6 Å². The lowest BCUT2D eigenvalue weighted by molar-refractivity contribution is 0.416. The molecule has 0 aliphatic carbocycles. The van der Waals surface area contributed by atoms with E-state index < -0.39 is 0 Å². The summed E-state index contributed by atoms with van der Waals surface area (Å²) in [4.78, 5) is 6.23. The predicted molar refractivity (Wildman–Crippen MR) is 80.9 cm³/mol. The first-order valence-electron chi connectivity index (χ1n) is 7.00. The lowest BCUT2D eigenvalue weighted by atomic mass is 10.1. The molecule has 1 aromatic carbocycles. The van der Waals surface area contributed by atoms with Gasteiger partial charge in [-0.2, -0.15) is 0 Å². The molecule has 0 amide bonds. The van der Waals surface area contributed by atoms with E-state index in [2.05, 4.69) is 9.88 Å². The zero-order valence-corrected chi connectivity index (χ0v) is 11.9. The van der Waals surface area contributed by atoms with E-state index in [1.165, 1.54) is 13.2 Å². The lowest BCUT2D eigenvalue weighted by Crippen LogP contribution is -2.23. The van der Waals surface area contributed by atoms with Gasteiger partial charge in [-0.05, 0) is 24.5 Å². The van der Waals surface area contributed by atoms with Crippen molar-refractivity contribution in [3.05, 3.63) is 48.0 Å². The Kier molecular flexibility index (Phi) is 3.64. The first kappa shape index (κ1) is 13.7. The second-order valence-corrected chi connectivity index (χ2v) is 5.18. The van der Waals surface area contributed by atoms with Crippen LogP contribution in [0, 0.1) is 5.82 Å². The molecule has 4 nitrogen and oxygen atoms in total. The summed E-state index contributed by atoms with van der Waals surface area (Å²) >= 11 is 0. The van der Waals surface area contributed by atoms with Gasteiger partial charge < -0.3 is 15.4 Å². The number of anilines is 2. The first-order chi connectivity index (χ1) is 10.2. The molecule has 2 aromatic rings. The number of hydrogen-bond donors (Lipinski definition) is 1. The number of rotatable bonds is 3. The van der Waals surface area contributed by atoms with E-state index in [-0.39, 0.29) is 11.9 Å². The zero-order chi connectivity index (χ0) is 14.8. The van der Waals surface area contributed by atoms with Crippen molar-refractivity contribution in [3.8, 4) is 5.75 Å². The van der Waals surface area contributed by atoms with Crippen molar-refractivity contribution in [3.63, 3.8) is 0 Å². The van der Waals surface area contributed by atoms with E-state index in [1.54, 1.807) is 12.3 Å². The van der Waals surface area contributed by atoms with Crippen molar-refractivity contribution in [2.45, 2.75) is 18.9 Å². The third-order valence-corrected chi connectivity index (χ3v) is 3.93. The van der Waals surface area contributed by atoms with E-state index in [0.717, 1.165) is 24.9 Å². The summed E-state index contributed by atoms with van der Waals surface area (Å²) in [6.45, 7) is 0.809. The number of nitrogens with two attached hydrogens (primary N) is 1. The van der Waals surface area contributed by atoms with Crippen LogP contribution in [0.2, 0.25) is 0 Å². The van der Waals surface area contributed by atoms with E-state index in [9.17, 15) is 4.39 Å². The quantitative estimate of drug-likeness (QED) is 0.881. The summed E-state index contributed by atoms with van der Waals surface area (Å²) in [6, 6.07) is 7.09. The Morgan fingerprint density at radius 3 is 3.00 bits per heavy atom. The van der Waals surface area contributed by atoms with Gasteiger partial charge in [0.25, 0.3) is 0 Å². The van der Waals surface area contributed by atoms with Crippen LogP contribution in [0.4, 0.5) is 15.8 Å². The largest absolute Gasteiger partial charge is 0.495 e. The van der Waals surface area contributed by atoms with Gasteiger partial charge in [-0.25, -0.2) is 4.39 Å². The molecule has 1 aromatic heterocycles. The van der Waals surface area contributed by atoms with E-state index in [4.69, 9.17) is 10.5 Å². The molecule has 21 heavy (non-hydrogen) atoms. The van der Waals surface area contributed by atoms with Crippen molar-refractivity contribution in [2.75, 3.05) is 24.3 Å².